The SMILES string of the molecule is CN(Cc1ccsc1)C(=O)c1cn[nH]c1-c1cccc(F)c1. The smallest absolute Gasteiger partial charge is 0.257 e. The molecule has 4 nitrogen and oxygen atoms in total. The van der Waals surface area contributed by atoms with Crippen LogP contribution in [0.4, 0.5) is 4.39 Å². The summed E-state index contributed by atoms with van der Waals surface area (Å²) in [6.07, 6.45) is 1.48. The average molecular weight is 315 g/mol. The van der Waals surface area contributed by atoms with Gasteiger partial charge in [0.05, 0.1) is 17.5 Å². The molecule has 0 saturated carbocycles. The lowest BCUT2D eigenvalue weighted by Gasteiger charge is -2.16. The summed E-state index contributed by atoms with van der Waals surface area (Å²) in [6, 6.07) is 8.08. The Hall–Kier alpha value is -2.47. The highest BCUT2D eigenvalue weighted by atomic mass is 32.1. The molecule has 1 N–H and O–H groups in total. The average Bonchev–Trinajstić information content (AvgIpc) is 3.17. The van der Waals surface area contributed by atoms with Crippen molar-refractivity contribution >= 4 is 17.2 Å². The summed E-state index contributed by atoms with van der Waals surface area (Å²) in [5.74, 6) is -0.503. The number of carbonyl (C=O) groups is 1. The maximum absolute atomic E-state index is 13.4. The van der Waals surface area contributed by atoms with E-state index >= 15 is 0 Å². The number of rotatable bonds is 4. The summed E-state index contributed by atoms with van der Waals surface area (Å²) in [4.78, 5) is 14.2. The minimum Gasteiger partial charge on any atom is -0.337 e. The molecule has 0 aliphatic rings. The lowest BCUT2D eigenvalue weighted by Crippen LogP contribution is -2.26. The monoisotopic (exact) mass is 315 g/mol. The normalized spacial score (nSPS) is 10.6. The minimum absolute atomic E-state index is 0.154. The van der Waals surface area contributed by atoms with E-state index in [0.29, 0.717) is 23.4 Å². The zero-order valence-electron chi connectivity index (χ0n) is 11.9. The Kier molecular flexibility index (Phi) is 4.02. The molecule has 0 radical (unpaired) electrons. The standard InChI is InChI=1S/C16H14FN3OS/c1-20(9-11-5-6-22-10-11)16(21)14-8-18-19-15(14)12-3-2-4-13(17)7-12/h2-8,10H,9H2,1H3,(H,18,19). The molecule has 3 rings (SSSR count). The quantitative estimate of drug-likeness (QED) is 0.800. The molecule has 0 fully saturated rings. The zero-order chi connectivity index (χ0) is 15.5. The maximum atomic E-state index is 13.4. The maximum Gasteiger partial charge on any atom is 0.257 e. The molecule has 0 aliphatic heterocycles. The summed E-state index contributed by atoms with van der Waals surface area (Å²) in [6.45, 7) is 0.524. The highest BCUT2D eigenvalue weighted by molar-refractivity contribution is 7.07. The van der Waals surface area contributed by atoms with E-state index < -0.39 is 0 Å². The van der Waals surface area contributed by atoms with Crippen molar-refractivity contribution in [1.82, 2.24) is 15.1 Å². The van der Waals surface area contributed by atoms with E-state index in [2.05, 4.69) is 10.2 Å². The van der Waals surface area contributed by atoms with Crippen molar-refractivity contribution in [2.75, 3.05) is 7.05 Å². The zero-order valence-corrected chi connectivity index (χ0v) is 12.7. The molecule has 112 valence electrons. The van der Waals surface area contributed by atoms with Crippen LogP contribution in [0.15, 0.2) is 47.3 Å². The summed E-state index contributed by atoms with van der Waals surface area (Å²) >= 11 is 1.59. The van der Waals surface area contributed by atoms with Crippen LogP contribution in [0, 0.1) is 5.82 Å². The number of aromatic amines is 1. The first kappa shape index (κ1) is 14.5. The fourth-order valence-corrected chi connectivity index (χ4v) is 2.91. The van der Waals surface area contributed by atoms with Crippen molar-refractivity contribution in [2.45, 2.75) is 6.54 Å². The summed E-state index contributed by atoms with van der Waals surface area (Å²) in [7, 11) is 1.74. The first-order valence-electron chi connectivity index (χ1n) is 6.71. The lowest BCUT2D eigenvalue weighted by atomic mass is 10.1. The van der Waals surface area contributed by atoms with Crippen molar-refractivity contribution in [3.05, 3.63) is 64.2 Å². The first-order valence-corrected chi connectivity index (χ1v) is 7.65. The first-order chi connectivity index (χ1) is 10.6. The van der Waals surface area contributed by atoms with Gasteiger partial charge in [-0.1, -0.05) is 12.1 Å². The summed E-state index contributed by atoms with van der Waals surface area (Å²) in [5.41, 5.74) is 2.64. The number of nitrogens with one attached hydrogen (secondary N) is 1. The van der Waals surface area contributed by atoms with Crippen LogP contribution >= 0.6 is 11.3 Å². The van der Waals surface area contributed by atoms with E-state index in [9.17, 15) is 9.18 Å². The van der Waals surface area contributed by atoms with Gasteiger partial charge in [0.15, 0.2) is 0 Å². The van der Waals surface area contributed by atoms with E-state index in [4.69, 9.17) is 0 Å². The van der Waals surface area contributed by atoms with E-state index in [1.54, 1.807) is 35.4 Å². The number of thiophene rings is 1. The summed E-state index contributed by atoms with van der Waals surface area (Å²) in [5, 5.41) is 10.7. The number of hydrogen-bond donors (Lipinski definition) is 1. The van der Waals surface area contributed by atoms with Gasteiger partial charge in [0.1, 0.15) is 5.82 Å². The number of carbonyl (C=O) groups excluding carboxylic acids is 1. The molecule has 6 heteroatoms. The van der Waals surface area contributed by atoms with Crippen LogP contribution in [-0.2, 0) is 6.54 Å². The van der Waals surface area contributed by atoms with Gasteiger partial charge in [0, 0.05) is 19.2 Å². The number of nitrogens with zero attached hydrogens (tertiary/aromatic N) is 2. The molecule has 0 spiro atoms. The van der Waals surface area contributed by atoms with Gasteiger partial charge >= 0.3 is 0 Å². The second kappa shape index (κ2) is 6.11. The Morgan fingerprint density at radius 2 is 2.27 bits per heavy atom. The van der Waals surface area contributed by atoms with Crippen LogP contribution in [0.25, 0.3) is 11.3 Å². The van der Waals surface area contributed by atoms with Gasteiger partial charge in [0.2, 0.25) is 0 Å². The Balaban J connectivity index is 1.86. The Labute approximate surface area is 131 Å². The van der Waals surface area contributed by atoms with Gasteiger partial charge in [-0.2, -0.15) is 16.4 Å². The third-order valence-corrected chi connectivity index (χ3v) is 4.06. The fourth-order valence-electron chi connectivity index (χ4n) is 2.25. The van der Waals surface area contributed by atoms with Crippen LogP contribution in [-0.4, -0.2) is 28.1 Å². The lowest BCUT2D eigenvalue weighted by molar-refractivity contribution is 0.0786. The van der Waals surface area contributed by atoms with Crippen LogP contribution in [0.1, 0.15) is 15.9 Å². The number of aromatic nitrogens is 2. The number of benzene rings is 1. The Morgan fingerprint density at radius 1 is 1.41 bits per heavy atom. The van der Waals surface area contributed by atoms with Crippen molar-refractivity contribution in [1.29, 1.82) is 0 Å². The molecule has 1 aromatic carbocycles. The topological polar surface area (TPSA) is 49.0 Å². The molecular weight excluding hydrogens is 301 g/mol. The van der Waals surface area contributed by atoms with Gasteiger partial charge < -0.3 is 4.90 Å². The molecule has 3 aromatic rings. The molecule has 0 atom stereocenters. The number of hydrogen-bond acceptors (Lipinski definition) is 3. The van der Waals surface area contributed by atoms with Gasteiger partial charge in [-0.25, -0.2) is 4.39 Å². The molecule has 0 unspecified atom stereocenters. The summed E-state index contributed by atoms with van der Waals surface area (Å²) < 4.78 is 13.4. The van der Waals surface area contributed by atoms with E-state index in [1.165, 1.54) is 18.3 Å². The second-order valence-electron chi connectivity index (χ2n) is 4.96. The number of amides is 1. The molecule has 22 heavy (non-hydrogen) atoms. The van der Waals surface area contributed by atoms with E-state index in [1.807, 2.05) is 16.8 Å². The fraction of sp³-hybridized carbons (Fsp3) is 0.125. The number of halogens is 1. The van der Waals surface area contributed by atoms with Crippen LogP contribution in [0.3, 0.4) is 0 Å². The van der Waals surface area contributed by atoms with Gasteiger partial charge in [0.25, 0.3) is 5.91 Å². The van der Waals surface area contributed by atoms with Crippen molar-refractivity contribution < 1.29 is 9.18 Å². The van der Waals surface area contributed by atoms with Crippen LogP contribution < -0.4 is 0 Å². The largest absolute Gasteiger partial charge is 0.337 e. The van der Waals surface area contributed by atoms with Gasteiger partial charge in [-0.3, -0.25) is 9.89 Å². The van der Waals surface area contributed by atoms with E-state index in [-0.39, 0.29) is 11.7 Å². The highest BCUT2D eigenvalue weighted by Crippen LogP contribution is 2.23. The third-order valence-electron chi connectivity index (χ3n) is 3.33. The second-order valence-corrected chi connectivity index (χ2v) is 5.74. The molecule has 2 heterocycles. The highest BCUT2D eigenvalue weighted by Gasteiger charge is 2.19. The van der Waals surface area contributed by atoms with Crippen molar-refractivity contribution in [3.8, 4) is 11.3 Å². The Bertz CT molecular complexity index is 782. The molecular formula is C16H14FN3OS. The van der Waals surface area contributed by atoms with Crippen LogP contribution in [0.5, 0.6) is 0 Å². The van der Waals surface area contributed by atoms with Crippen LogP contribution in [0.2, 0.25) is 0 Å². The molecule has 0 saturated heterocycles. The third kappa shape index (κ3) is 2.92. The van der Waals surface area contributed by atoms with Crippen molar-refractivity contribution in [2.24, 2.45) is 0 Å². The molecule has 2 aromatic heterocycles. The number of H-pyrrole nitrogens is 1. The van der Waals surface area contributed by atoms with Gasteiger partial charge in [-0.05, 0) is 34.5 Å². The van der Waals surface area contributed by atoms with Crippen molar-refractivity contribution in [3.63, 3.8) is 0 Å². The Morgan fingerprint density at radius 3 is 3.00 bits per heavy atom. The van der Waals surface area contributed by atoms with Gasteiger partial charge in [-0.15, -0.1) is 0 Å². The predicted octanol–water partition coefficient (Wildman–Crippen LogP) is 3.55. The molecule has 0 aliphatic carbocycles. The minimum atomic E-state index is -0.350. The predicted molar refractivity (Wildman–Crippen MR) is 84.1 cm³/mol. The molecule has 1 amide bonds. The van der Waals surface area contributed by atoms with E-state index in [0.717, 1.165) is 5.56 Å². The molecule has 0 bridgehead atoms.